The van der Waals surface area contributed by atoms with E-state index < -0.39 is 10.0 Å². The molecule has 0 saturated carbocycles. The van der Waals surface area contributed by atoms with Crippen molar-refractivity contribution in [3.05, 3.63) is 45.3 Å². The number of hydrogen-bond acceptors (Lipinski definition) is 10. The summed E-state index contributed by atoms with van der Waals surface area (Å²) in [5.74, 6) is 0. The molecule has 0 amide bonds. The van der Waals surface area contributed by atoms with E-state index in [1.807, 2.05) is 0 Å². The molecule has 0 radical (unpaired) electrons. The van der Waals surface area contributed by atoms with Gasteiger partial charge in [0, 0.05) is 37.9 Å². The van der Waals surface area contributed by atoms with Gasteiger partial charge in [0.25, 0.3) is 5.56 Å². The van der Waals surface area contributed by atoms with E-state index >= 15 is 0 Å². The maximum atomic E-state index is 13.1. The van der Waals surface area contributed by atoms with Gasteiger partial charge in [-0.15, -0.1) is 0 Å². The van der Waals surface area contributed by atoms with Gasteiger partial charge in [-0.05, 0) is 19.1 Å². The highest BCUT2D eigenvalue weighted by Crippen LogP contribution is 2.25. The van der Waals surface area contributed by atoms with Crippen molar-refractivity contribution in [3.8, 4) is 0 Å². The fraction of sp³-hybridized carbons (Fsp3) is 0.353. The topological polar surface area (TPSA) is 114 Å². The average Bonchev–Trinajstić information content (AvgIpc) is 3.34. The lowest BCUT2D eigenvalue weighted by atomic mass is 10.3. The molecule has 5 rings (SSSR count). The van der Waals surface area contributed by atoms with Crippen LogP contribution in [0, 0.1) is 6.92 Å². The van der Waals surface area contributed by atoms with Gasteiger partial charge in [-0.3, -0.25) is 9.69 Å². The summed E-state index contributed by atoms with van der Waals surface area (Å²) in [7, 11) is -3.64. The fourth-order valence-corrected chi connectivity index (χ4v) is 6.63. The third-order valence-corrected chi connectivity index (χ3v) is 8.34. The molecule has 0 N–H and O–H groups in total. The van der Waals surface area contributed by atoms with Crippen LogP contribution < -0.4 is 5.56 Å². The molecule has 3 aromatic heterocycles. The quantitative estimate of drug-likeness (QED) is 0.440. The maximum Gasteiger partial charge on any atom is 0.275 e. The van der Waals surface area contributed by atoms with Crippen LogP contribution in [0.2, 0.25) is 0 Å². The molecule has 1 fully saturated rings. The van der Waals surface area contributed by atoms with Crippen LogP contribution >= 0.6 is 23.1 Å². The number of benzene rings is 1. The monoisotopic (exact) mass is 463 g/mol. The Morgan fingerprint density at radius 2 is 1.93 bits per heavy atom. The van der Waals surface area contributed by atoms with Crippen molar-refractivity contribution in [2.45, 2.75) is 18.4 Å². The largest absolute Gasteiger partial charge is 0.294 e. The van der Waals surface area contributed by atoms with E-state index in [0.29, 0.717) is 54.4 Å². The van der Waals surface area contributed by atoms with Gasteiger partial charge in [-0.25, -0.2) is 13.4 Å². The van der Waals surface area contributed by atoms with Crippen LogP contribution in [0.25, 0.3) is 16.0 Å². The number of aromatic nitrogens is 5. The summed E-state index contributed by atoms with van der Waals surface area (Å²) in [4.78, 5) is 19.3. The number of sulfonamides is 1. The lowest BCUT2D eigenvalue weighted by Gasteiger charge is -2.33. The normalized spacial score (nSPS) is 16.6. The molecule has 1 saturated heterocycles. The molecule has 156 valence electrons. The zero-order chi connectivity index (χ0) is 20.9. The molecule has 0 atom stereocenters. The van der Waals surface area contributed by atoms with Gasteiger partial charge >= 0.3 is 0 Å². The van der Waals surface area contributed by atoms with Crippen LogP contribution in [0.3, 0.4) is 0 Å². The van der Waals surface area contributed by atoms with Crippen LogP contribution in [-0.2, 0) is 16.6 Å². The van der Waals surface area contributed by atoms with Crippen LogP contribution in [0.4, 0.5) is 0 Å². The molecule has 10 nitrogen and oxygen atoms in total. The molecular weight excluding hydrogens is 446 g/mol. The molecule has 4 aromatic rings. The Labute approximate surface area is 179 Å². The second kappa shape index (κ2) is 7.42. The van der Waals surface area contributed by atoms with Crippen LogP contribution in [0.5, 0.6) is 0 Å². The van der Waals surface area contributed by atoms with Crippen LogP contribution in [0.1, 0.15) is 10.7 Å². The first-order valence-corrected chi connectivity index (χ1v) is 12.2. The minimum absolute atomic E-state index is 0.193. The number of fused-ring (bicyclic) bond motifs is 2. The van der Waals surface area contributed by atoms with E-state index in [-0.39, 0.29) is 10.5 Å². The second-order valence-electron chi connectivity index (χ2n) is 6.99. The summed E-state index contributed by atoms with van der Waals surface area (Å²) in [6, 6.07) is 6.49. The smallest absolute Gasteiger partial charge is 0.275 e. The molecular formula is C17H17N7O3S3. The molecule has 1 aromatic carbocycles. The number of aryl methyl sites for hydroxylation is 1. The van der Waals surface area contributed by atoms with Crippen molar-refractivity contribution in [3.63, 3.8) is 0 Å². The van der Waals surface area contributed by atoms with Gasteiger partial charge in [0.15, 0.2) is 0 Å². The SMILES string of the molecule is Cc1cc(=O)n2nc(CN3CCN(S(=O)(=O)c4cccc5nsnc45)CC3)sc2n1. The second-order valence-corrected chi connectivity index (χ2v) is 10.5. The minimum Gasteiger partial charge on any atom is -0.294 e. The predicted octanol–water partition coefficient (Wildman–Crippen LogP) is 0.971. The van der Waals surface area contributed by atoms with Gasteiger partial charge < -0.3 is 0 Å². The van der Waals surface area contributed by atoms with E-state index in [1.165, 1.54) is 26.2 Å². The third kappa shape index (κ3) is 3.41. The van der Waals surface area contributed by atoms with Crippen molar-refractivity contribution in [2.75, 3.05) is 26.2 Å². The summed E-state index contributed by atoms with van der Waals surface area (Å²) in [5.41, 5.74) is 1.49. The summed E-state index contributed by atoms with van der Waals surface area (Å²) in [5, 5.41) is 5.14. The van der Waals surface area contributed by atoms with Crippen molar-refractivity contribution >= 4 is 49.1 Å². The highest BCUT2D eigenvalue weighted by Gasteiger charge is 2.31. The molecule has 0 aliphatic carbocycles. The average molecular weight is 464 g/mol. The summed E-state index contributed by atoms with van der Waals surface area (Å²) in [6.07, 6.45) is 0. The number of piperazine rings is 1. The molecule has 0 spiro atoms. The lowest BCUT2D eigenvalue weighted by molar-refractivity contribution is 0.181. The molecule has 30 heavy (non-hydrogen) atoms. The van der Waals surface area contributed by atoms with E-state index in [0.717, 1.165) is 16.7 Å². The first-order chi connectivity index (χ1) is 14.4. The zero-order valence-electron chi connectivity index (χ0n) is 15.9. The van der Waals surface area contributed by atoms with Gasteiger partial charge in [0.05, 0.1) is 18.3 Å². The summed E-state index contributed by atoms with van der Waals surface area (Å²) in [6.45, 7) is 4.22. The lowest BCUT2D eigenvalue weighted by Crippen LogP contribution is -2.48. The Balaban J connectivity index is 1.31. The Kier molecular flexibility index (Phi) is 4.86. The standard InChI is InChI=1S/C17H17N7O3S3/c1-11-9-15(25)24-17(18-11)28-14(19-24)10-22-5-7-23(8-6-22)30(26,27)13-4-2-3-12-16(13)21-29-20-12/h2-4,9H,5-8,10H2,1H3. The molecule has 0 bridgehead atoms. The van der Waals surface area contributed by atoms with Gasteiger partial charge in [0.1, 0.15) is 20.9 Å². The zero-order valence-corrected chi connectivity index (χ0v) is 18.4. The number of hydrogen-bond donors (Lipinski definition) is 0. The Morgan fingerprint density at radius 3 is 2.73 bits per heavy atom. The molecule has 13 heteroatoms. The fourth-order valence-electron chi connectivity index (χ4n) is 3.47. The first-order valence-electron chi connectivity index (χ1n) is 9.22. The highest BCUT2D eigenvalue weighted by atomic mass is 32.2. The predicted molar refractivity (Wildman–Crippen MR) is 113 cm³/mol. The van der Waals surface area contributed by atoms with Crippen molar-refractivity contribution < 1.29 is 8.42 Å². The van der Waals surface area contributed by atoms with Gasteiger partial charge in [-0.2, -0.15) is 22.7 Å². The highest BCUT2D eigenvalue weighted by molar-refractivity contribution is 7.89. The van der Waals surface area contributed by atoms with Crippen LogP contribution in [0.15, 0.2) is 34.0 Å². The van der Waals surface area contributed by atoms with Crippen molar-refractivity contribution in [2.24, 2.45) is 0 Å². The summed E-state index contributed by atoms with van der Waals surface area (Å²) >= 11 is 2.39. The third-order valence-electron chi connectivity index (χ3n) is 4.97. The Morgan fingerprint density at radius 1 is 1.13 bits per heavy atom. The van der Waals surface area contributed by atoms with E-state index in [2.05, 4.69) is 23.7 Å². The molecule has 0 unspecified atom stereocenters. The number of nitrogens with zero attached hydrogens (tertiary/aromatic N) is 7. The molecule has 1 aliphatic rings. The molecule has 1 aliphatic heterocycles. The number of rotatable bonds is 4. The van der Waals surface area contributed by atoms with E-state index in [4.69, 9.17) is 0 Å². The van der Waals surface area contributed by atoms with E-state index in [1.54, 1.807) is 25.1 Å². The molecule has 4 heterocycles. The maximum absolute atomic E-state index is 13.1. The van der Waals surface area contributed by atoms with Crippen LogP contribution in [-0.4, -0.2) is 67.1 Å². The van der Waals surface area contributed by atoms with E-state index in [9.17, 15) is 13.2 Å². The summed E-state index contributed by atoms with van der Waals surface area (Å²) < 4.78 is 37.4. The minimum atomic E-state index is -3.64. The van der Waals surface area contributed by atoms with Crippen molar-refractivity contribution in [1.29, 1.82) is 0 Å². The van der Waals surface area contributed by atoms with Gasteiger partial charge in [0.2, 0.25) is 15.0 Å². The van der Waals surface area contributed by atoms with Crippen molar-refractivity contribution in [1.82, 2.24) is 32.6 Å². The Bertz CT molecular complexity index is 1400. The first kappa shape index (κ1) is 19.6. The van der Waals surface area contributed by atoms with Gasteiger partial charge in [-0.1, -0.05) is 17.4 Å². The Hall–Kier alpha value is -2.32.